The van der Waals surface area contributed by atoms with Gasteiger partial charge in [0.05, 0.1) is 6.10 Å². The van der Waals surface area contributed by atoms with Crippen molar-refractivity contribution in [1.29, 1.82) is 0 Å². The van der Waals surface area contributed by atoms with Gasteiger partial charge in [-0.15, -0.1) is 0 Å². The van der Waals surface area contributed by atoms with Gasteiger partial charge in [-0.2, -0.15) is 0 Å². The first-order valence-corrected chi connectivity index (χ1v) is 9.86. The topological polar surface area (TPSA) is 52.6 Å². The largest absolute Gasteiger partial charge is 0.393 e. The number of rotatable bonds is 5. The molecule has 1 heterocycles. The molecule has 1 amide bonds. The lowest BCUT2D eigenvalue weighted by atomic mass is 9.82. The molecule has 1 saturated carbocycles. The number of piperidine rings is 1. The molecule has 0 radical (unpaired) electrons. The second kappa shape index (κ2) is 8.81. The van der Waals surface area contributed by atoms with Crippen LogP contribution in [-0.2, 0) is 17.9 Å². The number of nitrogens with zero attached hydrogens (tertiary/aromatic N) is 1. The number of benzene rings is 1. The Hall–Kier alpha value is -1.39. The molecule has 138 valence electrons. The van der Waals surface area contributed by atoms with Gasteiger partial charge in [0.2, 0.25) is 5.91 Å². The van der Waals surface area contributed by atoms with E-state index in [1.807, 2.05) is 6.07 Å². The van der Waals surface area contributed by atoms with Gasteiger partial charge in [0.1, 0.15) is 0 Å². The molecule has 2 aliphatic rings. The monoisotopic (exact) mass is 344 g/mol. The minimum atomic E-state index is -0.135. The minimum absolute atomic E-state index is 0.135. The number of hydrogen-bond acceptors (Lipinski definition) is 3. The van der Waals surface area contributed by atoms with E-state index in [4.69, 9.17) is 0 Å². The molecule has 0 unspecified atom stereocenters. The molecule has 25 heavy (non-hydrogen) atoms. The Balaban J connectivity index is 1.53. The lowest BCUT2D eigenvalue weighted by Gasteiger charge is -2.30. The predicted octanol–water partition coefficient (Wildman–Crippen LogP) is 3.09. The standard InChI is InChI=1S/C21H32N2O2/c1-16-6-8-17(9-7-16)21(25)22-14-18-4-2-3-5-19(18)15-23-12-10-20(24)11-13-23/h2-5,16-17,20,24H,6-15H2,1H3,(H,22,25). The van der Waals surface area contributed by atoms with Gasteiger partial charge in [-0.05, 0) is 55.6 Å². The van der Waals surface area contributed by atoms with Crippen molar-refractivity contribution >= 4 is 5.91 Å². The van der Waals surface area contributed by atoms with E-state index < -0.39 is 0 Å². The zero-order chi connectivity index (χ0) is 17.6. The van der Waals surface area contributed by atoms with Crippen molar-refractivity contribution in [2.45, 2.75) is 64.6 Å². The SMILES string of the molecule is CC1CCC(C(=O)NCc2ccccc2CN2CCC(O)CC2)CC1. The average Bonchev–Trinajstić information content (AvgIpc) is 2.63. The van der Waals surface area contributed by atoms with E-state index in [1.165, 1.54) is 24.0 Å². The van der Waals surface area contributed by atoms with Crippen molar-refractivity contribution in [3.8, 4) is 0 Å². The number of amides is 1. The predicted molar refractivity (Wildman–Crippen MR) is 99.9 cm³/mol. The molecule has 0 atom stereocenters. The fourth-order valence-electron chi connectivity index (χ4n) is 4.05. The normalized spacial score (nSPS) is 25.7. The van der Waals surface area contributed by atoms with Crippen LogP contribution in [0.4, 0.5) is 0 Å². The Kier molecular flexibility index (Phi) is 6.49. The summed E-state index contributed by atoms with van der Waals surface area (Å²) >= 11 is 0. The zero-order valence-electron chi connectivity index (χ0n) is 15.4. The van der Waals surface area contributed by atoms with Crippen molar-refractivity contribution in [1.82, 2.24) is 10.2 Å². The van der Waals surface area contributed by atoms with Crippen LogP contribution in [0.3, 0.4) is 0 Å². The van der Waals surface area contributed by atoms with E-state index >= 15 is 0 Å². The van der Waals surface area contributed by atoms with Crippen LogP contribution in [0.5, 0.6) is 0 Å². The molecule has 2 N–H and O–H groups in total. The average molecular weight is 344 g/mol. The van der Waals surface area contributed by atoms with Gasteiger partial charge >= 0.3 is 0 Å². The summed E-state index contributed by atoms with van der Waals surface area (Å²) in [4.78, 5) is 14.9. The van der Waals surface area contributed by atoms with Crippen molar-refractivity contribution in [3.63, 3.8) is 0 Å². The molecule has 2 fully saturated rings. The highest BCUT2D eigenvalue weighted by atomic mass is 16.3. The van der Waals surface area contributed by atoms with Crippen LogP contribution in [0.25, 0.3) is 0 Å². The van der Waals surface area contributed by atoms with E-state index in [2.05, 4.69) is 35.3 Å². The van der Waals surface area contributed by atoms with Gasteiger partial charge in [-0.25, -0.2) is 0 Å². The van der Waals surface area contributed by atoms with Crippen LogP contribution >= 0.6 is 0 Å². The molecule has 1 aromatic carbocycles. The molecule has 1 saturated heterocycles. The highest BCUT2D eigenvalue weighted by Gasteiger charge is 2.24. The first-order valence-electron chi connectivity index (χ1n) is 9.86. The molecule has 4 heteroatoms. The summed E-state index contributed by atoms with van der Waals surface area (Å²) in [6, 6.07) is 8.40. The molecule has 3 rings (SSSR count). The first kappa shape index (κ1) is 18.4. The maximum atomic E-state index is 12.5. The van der Waals surface area contributed by atoms with E-state index in [9.17, 15) is 9.90 Å². The number of aliphatic hydroxyl groups excluding tert-OH is 1. The Morgan fingerprint density at radius 1 is 1.08 bits per heavy atom. The fraction of sp³-hybridized carbons (Fsp3) is 0.667. The second-order valence-corrected chi connectivity index (χ2v) is 7.95. The summed E-state index contributed by atoms with van der Waals surface area (Å²) in [6.07, 6.45) is 6.00. The maximum Gasteiger partial charge on any atom is 0.223 e. The van der Waals surface area contributed by atoms with Gasteiger partial charge < -0.3 is 10.4 Å². The van der Waals surface area contributed by atoms with Gasteiger partial charge in [0, 0.05) is 32.1 Å². The van der Waals surface area contributed by atoms with E-state index in [0.29, 0.717) is 6.54 Å². The minimum Gasteiger partial charge on any atom is -0.393 e. The number of hydrogen-bond donors (Lipinski definition) is 2. The third-order valence-electron chi connectivity index (χ3n) is 5.91. The fourth-order valence-corrected chi connectivity index (χ4v) is 4.05. The van der Waals surface area contributed by atoms with Crippen LogP contribution in [-0.4, -0.2) is 35.1 Å². The molecule has 0 spiro atoms. The summed E-state index contributed by atoms with van der Waals surface area (Å²) in [5.41, 5.74) is 2.50. The number of likely N-dealkylation sites (tertiary alicyclic amines) is 1. The second-order valence-electron chi connectivity index (χ2n) is 7.95. The van der Waals surface area contributed by atoms with Crippen molar-refractivity contribution in [2.24, 2.45) is 11.8 Å². The molecule has 0 aromatic heterocycles. The smallest absolute Gasteiger partial charge is 0.223 e. The third-order valence-corrected chi connectivity index (χ3v) is 5.91. The highest BCUT2D eigenvalue weighted by molar-refractivity contribution is 5.78. The van der Waals surface area contributed by atoms with E-state index in [0.717, 1.165) is 51.2 Å². The number of nitrogens with one attached hydrogen (secondary N) is 1. The molecule has 0 bridgehead atoms. The molecule has 4 nitrogen and oxygen atoms in total. The van der Waals surface area contributed by atoms with E-state index in [1.54, 1.807) is 0 Å². The molecular formula is C21H32N2O2. The first-order chi connectivity index (χ1) is 12.1. The summed E-state index contributed by atoms with van der Waals surface area (Å²) in [7, 11) is 0. The summed E-state index contributed by atoms with van der Waals surface area (Å²) in [5.74, 6) is 1.20. The lowest BCUT2D eigenvalue weighted by molar-refractivity contribution is -0.126. The Bertz CT molecular complexity index is 559. The van der Waals surface area contributed by atoms with Crippen LogP contribution in [0.15, 0.2) is 24.3 Å². The van der Waals surface area contributed by atoms with Gasteiger partial charge in [-0.1, -0.05) is 31.2 Å². The number of aliphatic hydroxyl groups is 1. The van der Waals surface area contributed by atoms with Crippen molar-refractivity contribution < 1.29 is 9.90 Å². The summed E-state index contributed by atoms with van der Waals surface area (Å²) < 4.78 is 0. The Morgan fingerprint density at radius 3 is 2.40 bits per heavy atom. The molecule has 1 aromatic rings. The Morgan fingerprint density at radius 2 is 1.72 bits per heavy atom. The molecule has 1 aliphatic carbocycles. The van der Waals surface area contributed by atoms with Crippen LogP contribution in [0.1, 0.15) is 56.6 Å². The third kappa shape index (κ3) is 5.29. The van der Waals surface area contributed by atoms with Crippen molar-refractivity contribution in [2.75, 3.05) is 13.1 Å². The van der Waals surface area contributed by atoms with Crippen LogP contribution in [0, 0.1) is 11.8 Å². The number of carbonyl (C=O) groups is 1. The van der Waals surface area contributed by atoms with Crippen LogP contribution in [0.2, 0.25) is 0 Å². The van der Waals surface area contributed by atoms with Gasteiger partial charge in [-0.3, -0.25) is 9.69 Å². The lowest BCUT2D eigenvalue weighted by Crippen LogP contribution is -2.36. The number of carbonyl (C=O) groups excluding carboxylic acids is 1. The summed E-state index contributed by atoms with van der Waals surface area (Å²) in [5, 5.41) is 12.8. The van der Waals surface area contributed by atoms with E-state index in [-0.39, 0.29) is 17.9 Å². The molecular weight excluding hydrogens is 312 g/mol. The van der Waals surface area contributed by atoms with Gasteiger partial charge in [0.15, 0.2) is 0 Å². The molecule has 1 aliphatic heterocycles. The maximum absolute atomic E-state index is 12.5. The summed E-state index contributed by atoms with van der Waals surface area (Å²) in [6.45, 7) is 5.70. The van der Waals surface area contributed by atoms with Crippen molar-refractivity contribution in [3.05, 3.63) is 35.4 Å². The highest BCUT2D eigenvalue weighted by Crippen LogP contribution is 2.28. The zero-order valence-corrected chi connectivity index (χ0v) is 15.4. The van der Waals surface area contributed by atoms with Gasteiger partial charge in [0.25, 0.3) is 0 Å². The quantitative estimate of drug-likeness (QED) is 0.863. The Labute approximate surface area is 151 Å². The van der Waals surface area contributed by atoms with Crippen LogP contribution < -0.4 is 5.32 Å².